The molecule has 3 aromatic rings. The zero-order chi connectivity index (χ0) is 28.1. The Hall–Kier alpha value is -4.00. The van der Waals surface area contributed by atoms with Gasteiger partial charge in [0.05, 0.1) is 19.6 Å². The highest BCUT2D eigenvalue weighted by molar-refractivity contribution is 7.98. The maximum atomic E-state index is 13.9. The van der Waals surface area contributed by atoms with Crippen LogP contribution in [0.3, 0.4) is 0 Å². The normalized spacial score (nSPS) is 19.4. The fourth-order valence-corrected chi connectivity index (χ4v) is 6.04. The number of nitrogens with zero attached hydrogens (tertiary/aromatic N) is 4. The van der Waals surface area contributed by atoms with Crippen molar-refractivity contribution in [2.24, 2.45) is 0 Å². The molecule has 0 aromatic heterocycles. The molecule has 2 atom stereocenters. The van der Waals surface area contributed by atoms with Crippen molar-refractivity contribution in [3.63, 3.8) is 0 Å². The summed E-state index contributed by atoms with van der Waals surface area (Å²) < 4.78 is 0. The number of piperazine rings is 1. The number of hydrazine groups is 1. The van der Waals surface area contributed by atoms with Gasteiger partial charge < -0.3 is 15.1 Å². The number of urea groups is 1. The summed E-state index contributed by atoms with van der Waals surface area (Å²) in [5, 5.41) is 8.33. The topological polar surface area (TPSA) is 76.2 Å². The van der Waals surface area contributed by atoms with Gasteiger partial charge in [-0.1, -0.05) is 78.7 Å². The van der Waals surface area contributed by atoms with Crippen molar-refractivity contribution < 1.29 is 14.4 Å². The minimum Gasteiger partial charge on any atom is -0.333 e. The summed E-state index contributed by atoms with van der Waals surface area (Å²) in [4.78, 5) is 44.6. The Morgan fingerprint density at radius 1 is 1.05 bits per heavy atom. The number of carbonyl (C=O) groups excluding carboxylic acids is 3. The van der Waals surface area contributed by atoms with E-state index in [1.807, 2.05) is 60.9 Å². The third-order valence-electron chi connectivity index (χ3n) is 7.44. The first-order chi connectivity index (χ1) is 19.5. The zero-order valence-corrected chi connectivity index (χ0v) is 23.3. The second-order valence-corrected chi connectivity index (χ2v) is 10.9. The maximum Gasteiger partial charge on any atom is 0.334 e. The lowest BCUT2D eigenvalue weighted by Crippen LogP contribution is -2.76. The van der Waals surface area contributed by atoms with E-state index < -0.39 is 12.2 Å². The monoisotopic (exact) mass is 555 g/mol. The molecule has 2 saturated heterocycles. The lowest BCUT2D eigenvalue weighted by atomic mass is 10.0. The van der Waals surface area contributed by atoms with Gasteiger partial charge in [-0.25, -0.2) is 9.80 Å². The fourth-order valence-electron chi connectivity index (χ4n) is 5.58. The van der Waals surface area contributed by atoms with E-state index in [0.717, 1.165) is 21.9 Å². The lowest BCUT2D eigenvalue weighted by molar-refractivity contribution is -0.189. The molecule has 0 spiro atoms. The van der Waals surface area contributed by atoms with Gasteiger partial charge in [0.25, 0.3) is 0 Å². The van der Waals surface area contributed by atoms with Crippen molar-refractivity contribution in [1.82, 2.24) is 25.1 Å². The Labute approximate surface area is 239 Å². The van der Waals surface area contributed by atoms with Gasteiger partial charge in [0.2, 0.25) is 11.8 Å². The van der Waals surface area contributed by atoms with E-state index in [2.05, 4.69) is 29.4 Å². The maximum absolute atomic E-state index is 13.9. The van der Waals surface area contributed by atoms with Crippen LogP contribution < -0.4 is 5.32 Å². The van der Waals surface area contributed by atoms with Crippen molar-refractivity contribution in [2.45, 2.75) is 31.7 Å². The molecule has 8 nitrogen and oxygen atoms in total. The molecule has 5 rings (SSSR count). The highest BCUT2D eigenvalue weighted by Gasteiger charge is 2.51. The molecule has 40 heavy (non-hydrogen) atoms. The quantitative estimate of drug-likeness (QED) is 0.431. The minimum atomic E-state index is -0.676. The van der Waals surface area contributed by atoms with Crippen LogP contribution >= 0.6 is 11.8 Å². The summed E-state index contributed by atoms with van der Waals surface area (Å²) >= 11 is 1.63. The Kier molecular flexibility index (Phi) is 8.58. The fraction of sp³-hybridized carbons (Fsp3) is 0.323. The van der Waals surface area contributed by atoms with E-state index in [1.54, 1.807) is 31.6 Å². The number of benzene rings is 3. The predicted octanol–water partition coefficient (Wildman–Crippen LogP) is 3.53. The SMILES string of the molecule is C#CCN1CC(=O)N2[C@@H](CCSC)C(=O)N(Cc3cccc4ccccc34)C[C@@H]2N1C(=O)NCc1ccccc1. The Balaban J connectivity index is 1.48. The summed E-state index contributed by atoms with van der Waals surface area (Å²) in [5.74, 6) is 3.01. The molecule has 2 aliphatic rings. The van der Waals surface area contributed by atoms with Gasteiger partial charge in [-0.2, -0.15) is 16.8 Å². The van der Waals surface area contributed by atoms with E-state index in [4.69, 9.17) is 6.42 Å². The molecule has 2 fully saturated rings. The van der Waals surface area contributed by atoms with E-state index in [-0.39, 0.29) is 37.5 Å². The molecule has 0 aliphatic carbocycles. The van der Waals surface area contributed by atoms with Crippen molar-refractivity contribution in [2.75, 3.05) is 31.6 Å². The van der Waals surface area contributed by atoms with E-state index >= 15 is 0 Å². The molecule has 2 heterocycles. The van der Waals surface area contributed by atoms with Crippen LogP contribution in [0.5, 0.6) is 0 Å². The summed E-state index contributed by atoms with van der Waals surface area (Å²) in [5.41, 5.74) is 1.98. The number of thioether (sulfide) groups is 1. The number of amides is 4. The minimum absolute atomic E-state index is 0.0637. The molecule has 0 saturated carbocycles. The Morgan fingerprint density at radius 2 is 1.80 bits per heavy atom. The highest BCUT2D eigenvalue weighted by atomic mass is 32.2. The number of fused-ring (bicyclic) bond motifs is 2. The van der Waals surface area contributed by atoms with Crippen LogP contribution in [0, 0.1) is 12.3 Å². The summed E-state index contributed by atoms with van der Waals surface area (Å²) in [6.45, 7) is 0.926. The van der Waals surface area contributed by atoms with Gasteiger partial charge in [0.15, 0.2) is 0 Å². The molecule has 1 N–H and O–H groups in total. The molecule has 4 amide bonds. The van der Waals surface area contributed by atoms with Gasteiger partial charge in [-0.3, -0.25) is 9.59 Å². The molecular weight excluding hydrogens is 522 g/mol. The molecule has 0 bridgehead atoms. The number of nitrogens with one attached hydrogen (secondary N) is 1. The molecule has 0 unspecified atom stereocenters. The summed E-state index contributed by atoms with van der Waals surface area (Å²) in [6, 6.07) is 22.8. The van der Waals surface area contributed by atoms with Crippen LogP contribution in [0.2, 0.25) is 0 Å². The molecule has 9 heteroatoms. The smallest absolute Gasteiger partial charge is 0.333 e. The van der Waals surface area contributed by atoms with E-state index in [1.165, 1.54) is 0 Å². The largest absolute Gasteiger partial charge is 0.334 e. The third kappa shape index (κ3) is 5.64. The van der Waals surface area contributed by atoms with Crippen molar-refractivity contribution in [1.29, 1.82) is 0 Å². The summed E-state index contributed by atoms with van der Waals surface area (Å²) in [7, 11) is 0. The molecule has 2 aliphatic heterocycles. The third-order valence-corrected chi connectivity index (χ3v) is 8.08. The van der Waals surface area contributed by atoms with Crippen molar-refractivity contribution in [3.8, 4) is 12.3 Å². The second kappa shape index (κ2) is 12.5. The van der Waals surface area contributed by atoms with Crippen LogP contribution in [0.25, 0.3) is 10.8 Å². The first-order valence-electron chi connectivity index (χ1n) is 13.4. The van der Waals surface area contributed by atoms with Crippen molar-refractivity contribution >= 4 is 40.4 Å². The standard InChI is InChI=1S/C31H33N5O3S/c1-3-17-34-22-29(37)35-27(16-18-40-2)30(38)33(20-25-14-9-13-24-12-7-8-15-26(24)25)21-28(35)36(34)31(39)32-19-23-10-5-4-6-11-23/h1,4-15,27-28H,16-22H2,2H3,(H,32,39)/t27-,28-/m0/s1. The number of carbonyl (C=O) groups is 3. The van der Waals surface area contributed by atoms with Crippen molar-refractivity contribution in [3.05, 3.63) is 83.9 Å². The van der Waals surface area contributed by atoms with Gasteiger partial charge in [-0.05, 0) is 40.3 Å². The average Bonchev–Trinajstić information content (AvgIpc) is 2.97. The number of hydrogen-bond acceptors (Lipinski definition) is 5. The second-order valence-electron chi connectivity index (χ2n) is 9.95. The highest BCUT2D eigenvalue weighted by Crippen LogP contribution is 2.30. The first kappa shape index (κ1) is 27.6. The Morgan fingerprint density at radius 3 is 2.58 bits per heavy atom. The average molecular weight is 556 g/mol. The van der Waals surface area contributed by atoms with E-state index in [9.17, 15) is 14.4 Å². The van der Waals surface area contributed by atoms with Crippen LogP contribution in [0.4, 0.5) is 4.79 Å². The lowest BCUT2D eigenvalue weighted by Gasteiger charge is -2.55. The van der Waals surface area contributed by atoms with Gasteiger partial charge >= 0.3 is 6.03 Å². The van der Waals surface area contributed by atoms with Crippen LogP contribution in [0.15, 0.2) is 72.8 Å². The van der Waals surface area contributed by atoms with E-state index in [0.29, 0.717) is 25.3 Å². The van der Waals surface area contributed by atoms with Crippen LogP contribution in [-0.4, -0.2) is 81.5 Å². The van der Waals surface area contributed by atoms with Crippen LogP contribution in [-0.2, 0) is 22.7 Å². The Bertz CT molecular complexity index is 1420. The molecule has 206 valence electrons. The zero-order valence-electron chi connectivity index (χ0n) is 22.5. The first-order valence-corrected chi connectivity index (χ1v) is 14.8. The molecular formula is C31H33N5O3S. The molecule has 3 aromatic carbocycles. The van der Waals surface area contributed by atoms with Gasteiger partial charge in [0, 0.05) is 13.1 Å². The number of hydrogen-bond donors (Lipinski definition) is 1. The van der Waals surface area contributed by atoms with Crippen LogP contribution in [0.1, 0.15) is 17.5 Å². The predicted molar refractivity (Wildman–Crippen MR) is 158 cm³/mol. The number of terminal acetylenes is 1. The van der Waals surface area contributed by atoms with Gasteiger partial charge in [-0.15, -0.1) is 6.42 Å². The van der Waals surface area contributed by atoms with Gasteiger partial charge in [0.1, 0.15) is 12.2 Å². The molecule has 0 radical (unpaired) electrons. The number of rotatable bonds is 8. The summed E-state index contributed by atoms with van der Waals surface area (Å²) in [6.07, 6.45) is 7.46.